The van der Waals surface area contributed by atoms with E-state index in [1.807, 2.05) is 30.3 Å². The lowest BCUT2D eigenvalue weighted by molar-refractivity contribution is 0.635. The van der Waals surface area contributed by atoms with Crippen molar-refractivity contribution < 1.29 is 0 Å². The third-order valence-electron chi connectivity index (χ3n) is 2.22. The van der Waals surface area contributed by atoms with Gasteiger partial charge in [-0.1, -0.05) is 32.6 Å². The monoisotopic (exact) mass is 216 g/mol. The van der Waals surface area contributed by atoms with Crippen LogP contribution in [0.2, 0.25) is 0 Å². The molecule has 0 atom stereocenters. The van der Waals surface area contributed by atoms with Crippen molar-refractivity contribution in [3.8, 4) is 0 Å². The molecule has 0 spiro atoms. The zero-order chi connectivity index (χ0) is 12.0. The van der Waals surface area contributed by atoms with Gasteiger partial charge in [-0.3, -0.25) is 0 Å². The van der Waals surface area contributed by atoms with E-state index in [2.05, 4.69) is 37.5 Å². The summed E-state index contributed by atoms with van der Waals surface area (Å²) in [5.74, 6) is 1.60. The molecule has 0 radical (unpaired) electrons. The first-order chi connectivity index (χ1) is 7.63. The summed E-state index contributed by atoms with van der Waals surface area (Å²) >= 11 is 0. The normalized spacial score (nSPS) is 11.0. The summed E-state index contributed by atoms with van der Waals surface area (Å²) in [6, 6.07) is 6.14. The average Bonchev–Trinajstić information content (AvgIpc) is 2.25. The molecule has 1 aromatic heterocycles. The Morgan fingerprint density at radius 1 is 1.44 bits per heavy atom. The van der Waals surface area contributed by atoms with E-state index in [-0.39, 0.29) is 0 Å². The van der Waals surface area contributed by atoms with E-state index in [9.17, 15) is 0 Å². The molecule has 0 saturated heterocycles. The van der Waals surface area contributed by atoms with Crippen LogP contribution in [0.5, 0.6) is 0 Å². The third kappa shape index (κ3) is 3.89. The molecule has 1 rings (SSSR count). The van der Waals surface area contributed by atoms with Crippen molar-refractivity contribution in [2.24, 2.45) is 5.92 Å². The van der Waals surface area contributed by atoms with Gasteiger partial charge in [-0.15, -0.1) is 0 Å². The van der Waals surface area contributed by atoms with Gasteiger partial charge >= 0.3 is 0 Å². The highest BCUT2D eigenvalue weighted by atomic mass is 15.1. The lowest BCUT2D eigenvalue weighted by Gasteiger charge is -2.14. The molecule has 16 heavy (non-hydrogen) atoms. The van der Waals surface area contributed by atoms with Crippen molar-refractivity contribution in [3.05, 3.63) is 48.8 Å². The highest BCUT2D eigenvalue weighted by Gasteiger charge is 2.02. The summed E-state index contributed by atoms with van der Waals surface area (Å²) in [4.78, 5) is 6.60. The van der Waals surface area contributed by atoms with Crippen LogP contribution in [0, 0.1) is 5.92 Å². The zero-order valence-electron chi connectivity index (χ0n) is 10.4. The number of anilines is 1. The van der Waals surface area contributed by atoms with Gasteiger partial charge in [0.1, 0.15) is 5.82 Å². The maximum Gasteiger partial charge on any atom is 0.132 e. The SMILES string of the molecule is C=C/C=C\N(C)c1cccc(CC(C)C)n1. The van der Waals surface area contributed by atoms with Gasteiger partial charge in [0.05, 0.1) is 0 Å². The van der Waals surface area contributed by atoms with Gasteiger partial charge in [0.25, 0.3) is 0 Å². The van der Waals surface area contributed by atoms with Crippen LogP contribution < -0.4 is 4.90 Å². The summed E-state index contributed by atoms with van der Waals surface area (Å²) in [6.07, 6.45) is 6.63. The largest absolute Gasteiger partial charge is 0.336 e. The van der Waals surface area contributed by atoms with Crippen LogP contribution in [0.4, 0.5) is 5.82 Å². The van der Waals surface area contributed by atoms with E-state index in [0.717, 1.165) is 17.9 Å². The first-order valence-electron chi connectivity index (χ1n) is 5.61. The molecule has 0 unspecified atom stereocenters. The van der Waals surface area contributed by atoms with Crippen molar-refractivity contribution in [1.29, 1.82) is 0 Å². The molecular formula is C14H20N2. The third-order valence-corrected chi connectivity index (χ3v) is 2.22. The average molecular weight is 216 g/mol. The van der Waals surface area contributed by atoms with Crippen molar-refractivity contribution in [2.45, 2.75) is 20.3 Å². The van der Waals surface area contributed by atoms with Crippen LogP contribution in [0.1, 0.15) is 19.5 Å². The standard InChI is InChI=1S/C14H20N2/c1-5-6-10-16(4)14-9-7-8-13(15-14)11-12(2)3/h5-10,12H,1,11H2,2-4H3/b10-6-. The van der Waals surface area contributed by atoms with E-state index in [4.69, 9.17) is 0 Å². The van der Waals surface area contributed by atoms with Crippen molar-refractivity contribution in [3.63, 3.8) is 0 Å². The fourth-order valence-corrected chi connectivity index (χ4v) is 1.46. The smallest absolute Gasteiger partial charge is 0.132 e. The van der Waals surface area contributed by atoms with E-state index >= 15 is 0 Å². The van der Waals surface area contributed by atoms with Crippen molar-refractivity contribution >= 4 is 5.82 Å². The van der Waals surface area contributed by atoms with Gasteiger partial charge < -0.3 is 4.90 Å². The summed E-state index contributed by atoms with van der Waals surface area (Å²) in [7, 11) is 1.99. The summed E-state index contributed by atoms with van der Waals surface area (Å²) < 4.78 is 0. The number of rotatable bonds is 5. The second-order valence-electron chi connectivity index (χ2n) is 4.27. The summed E-state index contributed by atoms with van der Waals surface area (Å²) in [6.45, 7) is 8.06. The fraction of sp³-hybridized carbons (Fsp3) is 0.357. The number of pyridine rings is 1. The molecule has 1 heterocycles. The van der Waals surface area contributed by atoms with Crippen LogP contribution in [-0.2, 0) is 6.42 Å². The Balaban J connectivity index is 2.80. The molecule has 86 valence electrons. The van der Waals surface area contributed by atoms with Gasteiger partial charge in [0, 0.05) is 18.9 Å². The predicted octanol–water partition coefficient (Wildman–Crippen LogP) is 3.42. The molecule has 0 aliphatic heterocycles. The Morgan fingerprint density at radius 2 is 2.19 bits per heavy atom. The van der Waals surface area contributed by atoms with Gasteiger partial charge in [0.2, 0.25) is 0 Å². The lowest BCUT2D eigenvalue weighted by Crippen LogP contribution is -2.10. The van der Waals surface area contributed by atoms with Crippen molar-refractivity contribution in [2.75, 3.05) is 11.9 Å². The van der Waals surface area contributed by atoms with E-state index in [0.29, 0.717) is 5.92 Å². The van der Waals surface area contributed by atoms with E-state index in [1.165, 1.54) is 0 Å². The van der Waals surface area contributed by atoms with Crippen LogP contribution in [0.25, 0.3) is 0 Å². The number of nitrogens with zero attached hydrogens (tertiary/aromatic N) is 2. The molecule has 0 aliphatic rings. The quantitative estimate of drug-likeness (QED) is 0.701. The minimum atomic E-state index is 0.636. The second kappa shape index (κ2) is 6.11. The van der Waals surface area contributed by atoms with Gasteiger partial charge in [-0.2, -0.15) is 0 Å². The fourth-order valence-electron chi connectivity index (χ4n) is 1.46. The number of hydrogen-bond acceptors (Lipinski definition) is 2. The van der Waals surface area contributed by atoms with E-state index in [1.54, 1.807) is 6.08 Å². The van der Waals surface area contributed by atoms with Crippen molar-refractivity contribution in [1.82, 2.24) is 4.98 Å². The van der Waals surface area contributed by atoms with Gasteiger partial charge in [0.15, 0.2) is 0 Å². The van der Waals surface area contributed by atoms with Gasteiger partial charge in [-0.05, 0) is 30.5 Å². The van der Waals surface area contributed by atoms with Gasteiger partial charge in [-0.25, -0.2) is 4.98 Å². The molecule has 0 amide bonds. The molecule has 1 aromatic rings. The molecule has 0 saturated carbocycles. The predicted molar refractivity (Wildman–Crippen MR) is 70.5 cm³/mol. The molecule has 0 fully saturated rings. The first-order valence-corrected chi connectivity index (χ1v) is 5.61. The second-order valence-corrected chi connectivity index (χ2v) is 4.27. The van der Waals surface area contributed by atoms with Crippen LogP contribution in [-0.4, -0.2) is 12.0 Å². The Kier molecular flexibility index (Phi) is 4.77. The Hall–Kier alpha value is -1.57. The molecular weight excluding hydrogens is 196 g/mol. The molecule has 0 aromatic carbocycles. The number of hydrogen-bond donors (Lipinski definition) is 0. The molecule has 2 nitrogen and oxygen atoms in total. The first kappa shape index (κ1) is 12.5. The Morgan fingerprint density at radius 3 is 2.81 bits per heavy atom. The Bertz CT molecular complexity index is 367. The maximum atomic E-state index is 4.61. The summed E-state index contributed by atoms with van der Waals surface area (Å²) in [5, 5.41) is 0. The molecule has 0 bridgehead atoms. The topological polar surface area (TPSA) is 16.1 Å². The summed E-state index contributed by atoms with van der Waals surface area (Å²) in [5.41, 5.74) is 1.14. The molecule has 0 N–H and O–H groups in total. The molecule has 2 heteroatoms. The molecule has 0 aliphatic carbocycles. The zero-order valence-corrected chi connectivity index (χ0v) is 10.4. The Labute approximate surface area is 98.3 Å². The van der Waals surface area contributed by atoms with Crippen LogP contribution >= 0.6 is 0 Å². The minimum Gasteiger partial charge on any atom is -0.336 e. The van der Waals surface area contributed by atoms with E-state index < -0.39 is 0 Å². The number of aromatic nitrogens is 1. The van der Waals surface area contributed by atoms with Crippen LogP contribution in [0.3, 0.4) is 0 Å². The van der Waals surface area contributed by atoms with Crippen LogP contribution in [0.15, 0.2) is 43.1 Å². The lowest BCUT2D eigenvalue weighted by atomic mass is 10.1. The highest BCUT2D eigenvalue weighted by Crippen LogP contribution is 2.12. The number of allylic oxidation sites excluding steroid dienone is 2. The minimum absolute atomic E-state index is 0.636. The highest BCUT2D eigenvalue weighted by molar-refractivity contribution is 5.41. The maximum absolute atomic E-state index is 4.61.